The number of nitrogens with two attached hydrogens (primary N) is 1. The van der Waals surface area contributed by atoms with Gasteiger partial charge in [0.1, 0.15) is 0 Å². The van der Waals surface area contributed by atoms with Gasteiger partial charge >= 0.3 is 0 Å². The van der Waals surface area contributed by atoms with Gasteiger partial charge in [0.15, 0.2) is 11.6 Å². The molecule has 0 radical (unpaired) electrons. The van der Waals surface area contributed by atoms with Gasteiger partial charge in [0.2, 0.25) is 0 Å². The van der Waals surface area contributed by atoms with Crippen molar-refractivity contribution in [1.82, 2.24) is 0 Å². The second kappa shape index (κ2) is 5.06. The Hall–Kier alpha value is -2.43. The van der Waals surface area contributed by atoms with Crippen molar-refractivity contribution in [2.24, 2.45) is 0 Å². The first-order valence-corrected chi connectivity index (χ1v) is 5.60. The average Bonchev–Trinajstić information content (AvgIpc) is 2.33. The van der Waals surface area contributed by atoms with Crippen LogP contribution in [0.5, 0.6) is 0 Å². The van der Waals surface area contributed by atoms with Crippen molar-refractivity contribution in [2.75, 3.05) is 11.1 Å². The normalized spacial score (nSPS) is 10.3. The molecule has 0 fully saturated rings. The number of anilines is 2. The molecule has 0 aliphatic heterocycles. The van der Waals surface area contributed by atoms with Crippen LogP contribution in [0.3, 0.4) is 0 Å². The van der Waals surface area contributed by atoms with Gasteiger partial charge in [-0.25, -0.2) is 8.78 Å². The molecule has 3 N–H and O–H groups in total. The van der Waals surface area contributed by atoms with E-state index >= 15 is 0 Å². The number of amides is 1. The first kappa shape index (κ1) is 13.0. The quantitative estimate of drug-likeness (QED) is 0.817. The molecule has 2 aromatic rings. The largest absolute Gasteiger partial charge is 0.399 e. The zero-order chi connectivity index (χ0) is 14.0. The maximum absolute atomic E-state index is 13.4. The van der Waals surface area contributed by atoms with Crippen molar-refractivity contribution in [2.45, 2.75) is 6.92 Å². The van der Waals surface area contributed by atoms with Gasteiger partial charge < -0.3 is 11.1 Å². The molecule has 0 heterocycles. The molecule has 1 amide bonds. The Bertz CT molecular complexity index is 621. The van der Waals surface area contributed by atoms with Crippen molar-refractivity contribution in [3.8, 4) is 0 Å². The monoisotopic (exact) mass is 262 g/mol. The van der Waals surface area contributed by atoms with E-state index in [2.05, 4.69) is 5.32 Å². The molecule has 0 aliphatic carbocycles. The van der Waals surface area contributed by atoms with Crippen LogP contribution < -0.4 is 11.1 Å². The number of rotatable bonds is 2. The lowest BCUT2D eigenvalue weighted by Gasteiger charge is -2.08. The van der Waals surface area contributed by atoms with Crippen LogP contribution in [-0.2, 0) is 0 Å². The molecule has 0 atom stereocenters. The van der Waals surface area contributed by atoms with Gasteiger partial charge in [-0.05, 0) is 42.8 Å². The van der Waals surface area contributed by atoms with Gasteiger partial charge in [0.25, 0.3) is 5.91 Å². The lowest BCUT2D eigenvalue weighted by molar-refractivity contribution is 0.102. The van der Waals surface area contributed by atoms with E-state index in [1.807, 2.05) is 0 Å². The Labute approximate surface area is 109 Å². The summed E-state index contributed by atoms with van der Waals surface area (Å²) in [5.74, 6) is -2.64. The number of hydrogen-bond acceptors (Lipinski definition) is 2. The summed E-state index contributed by atoms with van der Waals surface area (Å²) in [6.07, 6.45) is 0. The molecule has 2 aromatic carbocycles. The van der Waals surface area contributed by atoms with Crippen LogP contribution in [0, 0.1) is 18.6 Å². The molecule has 0 bridgehead atoms. The number of nitrogens with one attached hydrogen (secondary N) is 1. The molecular formula is C14H12F2N2O. The summed E-state index contributed by atoms with van der Waals surface area (Å²) < 4.78 is 26.4. The third kappa shape index (κ3) is 2.88. The number of halogens is 2. The second-order valence-electron chi connectivity index (χ2n) is 4.19. The minimum atomic E-state index is -1.09. The molecular weight excluding hydrogens is 250 g/mol. The fourth-order valence-electron chi connectivity index (χ4n) is 1.74. The number of aryl methyl sites for hydroxylation is 1. The SMILES string of the molecule is Cc1cc(N)cc(C(=O)Nc2cccc(F)c2F)c1. The third-order valence-electron chi connectivity index (χ3n) is 2.56. The van der Waals surface area contributed by atoms with Crippen molar-refractivity contribution in [3.05, 3.63) is 59.2 Å². The highest BCUT2D eigenvalue weighted by Gasteiger charge is 2.12. The predicted molar refractivity (Wildman–Crippen MR) is 69.9 cm³/mol. The van der Waals surface area contributed by atoms with Crippen molar-refractivity contribution in [1.29, 1.82) is 0 Å². The minimum Gasteiger partial charge on any atom is -0.399 e. The van der Waals surface area contributed by atoms with E-state index in [1.54, 1.807) is 19.1 Å². The number of nitrogen functional groups attached to an aromatic ring is 1. The Morgan fingerprint density at radius 3 is 2.63 bits per heavy atom. The molecule has 0 saturated carbocycles. The van der Waals surface area contributed by atoms with E-state index in [0.717, 1.165) is 11.6 Å². The fraction of sp³-hybridized carbons (Fsp3) is 0.0714. The summed E-state index contributed by atoms with van der Waals surface area (Å²) in [5.41, 5.74) is 6.96. The number of hydrogen-bond donors (Lipinski definition) is 2. The van der Waals surface area contributed by atoms with E-state index in [4.69, 9.17) is 5.73 Å². The van der Waals surface area contributed by atoms with Crippen LogP contribution in [0.2, 0.25) is 0 Å². The zero-order valence-corrected chi connectivity index (χ0v) is 10.2. The summed E-state index contributed by atoms with van der Waals surface area (Å²) >= 11 is 0. The van der Waals surface area contributed by atoms with E-state index in [-0.39, 0.29) is 5.69 Å². The van der Waals surface area contributed by atoms with E-state index in [1.165, 1.54) is 18.2 Å². The Kier molecular flexibility index (Phi) is 3.46. The smallest absolute Gasteiger partial charge is 0.255 e. The number of benzene rings is 2. The standard InChI is InChI=1S/C14H12F2N2O/c1-8-5-9(7-10(17)6-8)14(19)18-12-4-2-3-11(15)13(12)16/h2-7H,17H2,1H3,(H,18,19). The van der Waals surface area contributed by atoms with Crippen LogP contribution in [-0.4, -0.2) is 5.91 Å². The van der Waals surface area contributed by atoms with Gasteiger partial charge in [-0.3, -0.25) is 4.79 Å². The van der Waals surface area contributed by atoms with Crippen molar-refractivity contribution in [3.63, 3.8) is 0 Å². The molecule has 2 rings (SSSR count). The van der Waals surface area contributed by atoms with Gasteiger partial charge in [-0.1, -0.05) is 6.07 Å². The summed E-state index contributed by atoms with van der Waals surface area (Å²) in [4.78, 5) is 11.9. The van der Waals surface area contributed by atoms with Gasteiger partial charge in [0, 0.05) is 11.3 Å². The molecule has 3 nitrogen and oxygen atoms in total. The Morgan fingerprint density at radius 2 is 1.95 bits per heavy atom. The van der Waals surface area contributed by atoms with Crippen molar-refractivity contribution < 1.29 is 13.6 Å². The molecule has 98 valence electrons. The topological polar surface area (TPSA) is 55.1 Å². The Balaban J connectivity index is 2.28. The van der Waals surface area contributed by atoms with Gasteiger partial charge in [-0.2, -0.15) is 0 Å². The van der Waals surface area contributed by atoms with Crippen molar-refractivity contribution >= 4 is 17.3 Å². The third-order valence-corrected chi connectivity index (χ3v) is 2.56. The summed E-state index contributed by atoms with van der Waals surface area (Å²) in [7, 11) is 0. The van der Waals surface area contributed by atoms with E-state index in [0.29, 0.717) is 11.3 Å². The fourth-order valence-corrected chi connectivity index (χ4v) is 1.74. The highest BCUT2D eigenvalue weighted by Crippen LogP contribution is 2.18. The van der Waals surface area contributed by atoms with Crippen LogP contribution in [0.4, 0.5) is 20.2 Å². The lowest BCUT2D eigenvalue weighted by atomic mass is 10.1. The zero-order valence-electron chi connectivity index (χ0n) is 10.2. The lowest BCUT2D eigenvalue weighted by Crippen LogP contribution is -2.14. The van der Waals surface area contributed by atoms with E-state index in [9.17, 15) is 13.6 Å². The summed E-state index contributed by atoms with van der Waals surface area (Å²) in [6.45, 7) is 1.79. The number of carbonyl (C=O) groups excluding carboxylic acids is 1. The van der Waals surface area contributed by atoms with Gasteiger partial charge in [-0.15, -0.1) is 0 Å². The maximum Gasteiger partial charge on any atom is 0.255 e. The molecule has 0 spiro atoms. The molecule has 0 unspecified atom stereocenters. The summed E-state index contributed by atoms with van der Waals surface area (Å²) in [6, 6.07) is 8.38. The summed E-state index contributed by atoms with van der Waals surface area (Å²) in [5, 5.41) is 2.31. The van der Waals surface area contributed by atoms with Crippen LogP contribution in [0.15, 0.2) is 36.4 Å². The van der Waals surface area contributed by atoms with Crippen LogP contribution >= 0.6 is 0 Å². The molecule has 5 heteroatoms. The first-order valence-electron chi connectivity index (χ1n) is 5.60. The minimum absolute atomic E-state index is 0.204. The average molecular weight is 262 g/mol. The second-order valence-corrected chi connectivity index (χ2v) is 4.19. The molecule has 0 aromatic heterocycles. The molecule has 19 heavy (non-hydrogen) atoms. The molecule has 0 aliphatic rings. The first-order chi connectivity index (χ1) is 8.97. The number of carbonyl (C=O) groups is 1. The molecule has 0 saturated heterocycles. The highest BCUT2D eigenvalue weighted by atomic mass is 19.2. The van der Waals surface area contributed by atoms with Gasteiger partial charge in [0.05, 0.1) is 5.69 Å². The maximum atomic E-state index is 13.4. The Morgan fingerprint density at radius 1 is 1.21 bits per heavy atom. The van der Waals surface area contributed by atoms with Crippen LogP contribution in [0.1, 0.15) is 15.9 Å². The van der Waals surface area contributed by atoms with Crippen LogP contribution in [0.25, 0.3) is 0 Å². The predicted octanol–water partition coefficient (Wildman–Crippen LogP) is 3.11. The van der Waals surface area contributed by atoms with E-state index < -0.39 is 17.5 Å². The highest BCUT2D eigenvalue weighted by molar-refractivity contribution is 6.05.